The van der Waals surface area contributed by atoms with Crippen LogP contribution >= 0.6 is 27.3 Å². The van der Waals surface area contributed by atoms with Crippen LogP contribution in [0.4, 0.5) is 4.39 Å². The summed E-state index contributed by atoms with van der Waals surface area (Å²) < 4.78 is 45.2. The minimum atomic E-state index is -3.60. The standard InChI is InChI=1S/C14H13BrFNO4S2/c15-11-4-3-10(12(16)8-11)9-21-13(18)5-6-17-23(19,20)14-2-1-7-22-14/h1-4,7-8,17H,5-6,9H2. The van der Waals surface area contributed by atoms with Crippen molar-refractivity contribution in [3.8, 4) is 0 Å². The Balaban J connectivity index is 1.77. The van der Waals surface area contributed by atoms with Gasteiger partial charge in [-0.1, -0.05) is 28.1 Å². The highest BCUT2D eigenvalue weighted by Gasteiger charge is 2.15. The number of carbonyl (C=O) groups excluding carboxylic acids is 1. The van der Waals surface area contributed by atoms with Gasteiger partial charge in [-0.2, -0.15) is 0 Å². The number of esters is 1. The van der Waals surface area contributed by atoms with Crippen molar-refractivity contribution in [3.05, 3.63) is 51.6 Å². The average molecular weight is 422 g/mol. The van der Waals surface area contributed by atoms with Crippen molar-refractivity contribution in [2.24, 2.45) is 0 Å². The number of ether oxygens (including phenoxy) is 1. The highest BCUT2D eigenvalue weighted by molar-refractivity contribution is 9.10. The lowest BCUT2D eigenvalue weighted by atomic mass is 10.2. The van der Waals surface area contributed by atoms with E-state index in [1.54, 1.807) is 17.5 Å². The van der Waals surface area contributed by atoms with Crippen LogP contribution in [-0.2, 0) is 26.2 Å². The van der Waals surface area contributed by atoms with Gasteiger partial charge in [0.2, 0.25) is 10.0 Å². The zero-order chi connectivity index (χ0) is 16.9. The van der Waals surface area contributed by atoms with Crippen LogP contribution in [-0.4, -0.2) is 20.9 Å². The maximum Gasteiger partial charge on any atom is 0.307 e. The first-order valence-corrected chi connectivity index (χ1v) is 9.67. The Hall–Kier alpha value is -1.29. The molecule has 0 aliphatic rings. The highest BCUT2D eigenvalue weighted by Crippen LogP contribution is 2.16. The third kappa shape index (κ3) is 5.38. The van der Waals surface area contributed by atoms with Crippen molar-refractivity contribution in [2.75, 3.05) is 6.54 Å². The summed E-state index contributed by atoms with van der Waals surface area (Å²) in [5.74, 6) is -1.09. The Labute approximate surface area is 145 Å². The summed E-state index contributed by atoms with van der Waals surface area (Å²) in [5.41, 5.74) is 0.251. The van der Waals surface area contributed by atoms with Gasteiger partial charge in [0.15, 0.2) is 0 Å². The zero-order valence-electron chi connectivity index (χ0n) is 11.8. The number of rotatable bonds is 7. The molecule has 0 radical (unpaired) electrons. The molecule has 2 aromatic rings. The molecule has 124 valence electrons. The number of hydrogen-bond donors (Lipinski definition) is 1. The van der Waals surface area contributed by atoms with Gasteiger partial charge in [0, 0.05) is 16.6 Å². The third-order valence-electron chi connectivity index (χ3n) is 2.78. The molecule has 9 heteroatoms. The van der Waals surface area contributed by atoms with Crippen LogP contribution in [0.5, 0.6) is 0 Å². The molecule has 1 N–H and O–H groups in total. The molecule has 1 aromatic carbocycles. The van der Waals surface area contributed by atoms with Crippen molar-refractivity contribution >= 4 is 43.3 Å². The second-order valence-electron chi connectivity index (χ2n) is 4.48. The molecule has 0 aliphatic carbocycles. The van der Waals surface area contributed by atoms with E-state index in [4.69, 9.17) is 4.74 Å². The summed E-state index contributed by atoms with van der Waals surface area (Å²) in [7, 11) is -3.60. The number of benzene rings is 1. The van der Waals surface area contributed by atoms with Gasteiger partial charge >= 0.3 is 5.97 Å². The van der Waals surface area contributed by atoms with E-state index in [2.05, 4.69) is 20.7 Å². The van der Waals surface area contributed by atoms with E-state index in [0.29, 0.717) is 4.47 Å². The zero-order valence-corrected chi connectivity index (χ0v) is 15.0. The van der Waals surface area contributed by atoms with E-state index in [-0.39, 0.29) is 29.3 Å². The average Bonchev–Trinajstić information content (AvgIpc) is 3.01. The van der Waals surface area contributed by atoms with E-state index in [1.165, 1.54) is 18.2 Å². The molecular formula is C14H13BrFNO4S2. The third-order valence-corrected chi connectivity index (χ3v) is 6.14. The number of carbonyl (C=O) groups is 1. The summed E-state index contributed by atoms with van der Waals surface area (Å²) in [6, 6.07) is 7.52. The van der Waals surface area contributed by atoms with Gasteiger partial charge in [-0.05, 0) is 23.6 Å². The SMILES string of the molecule is O=C(CCNS(=O)(=O)c1cccs1)OCc1ccc(Br)cc1F. The Morgan fingerprint density at radius 1 is 1.35 bits per heavy atom. The number of sulfonamides is 1. The van der Waals surface area contributed by atoms with Crippen LogP contribution in [0.3, 0.4) is 0 Å². The molecule has 23 heavy (non-hydrogen) atoms. The molecule has 0 bridgehead atoms. The Morgan fingerprint density at radius 2 is 2.13 bits per heavy atom. The highest BCUT2D eigenvalue weighted by atomic mass is 79.9. The van der Waals surface area contributed by atoms with Crippen LogP contribution in [0.2, 0.25) is 0 Å². The summed E-state index contributed by atoms with van der Waals surface area (Å²) in [6.45, 7) is -0.280. The molecule has 0 unspecified atom stereocenters. The van der Waals surface area contributed by atoms with Crippen LogP contribution in [0, 0.1) is 5.82 Å². The smallest absolute Gasteiger partial charge is 0.307 e. The van der Waals surface area contributed by atoms with Crippen molar-refractivity contribution in [3.63, 3.8) is 0 Å². The summed E-state index contributed by atoms with van der Waals surface area (Å²) in [4.78, 5) is 11.6. The number of hydrogen-bond acceptors (Lipinski definition) is 5. The first kappa shape index (κ1) is 18.1. The molecule has 0 aliphatic heterocycles. The van der Waals surface area contributed by atoms with Gasteiger partial charge in [0.05, 0.1) is 6.42 Å². The summed E-state index contributed by atoms with van der Waals surface area (Å²) >= 11 is 4.22. The van der Waals surface area contributed by atoms with Crippen molar-refractivity contribution in [1.29, 1.82) is 0 Å². The first-order valence-electron chi connectivity index (χ1n) is 6.51. The van der Waals surface area contributed by atoms with E-state index in [0.717, 1.165) is 11.3 Å². The predicted molar refractivity (Wildman–Crippen MR) is 88.0 cm³/mol. The molecule has 0 saturated heterocycles. The van der Waals surface area contributed by atoms with Gasteiger partial charge in [-0.15, -0.1) is 11.3 Å². The normalized spacial score (nSPS) is 11.4. The summed E-state index contributed by atoms with van der Waals surface area (Å²) in [6.07, 6.45) is -0.136. The second kappa shape index (κ2) is 8.00. The largest absolute Gasteiger partial charge is 0.461 e. The Bertz CT molecular complexity index is 778. The Morgan fingerprint density at radius 3 is 2.78 bits per heavy atom. The van der Waals surface area contributed by atoms with Gasteiger partial charge in [-0.3, -0.25) is 4.79 Å². The molecule has 0 fully saturated rings. The van der Waals surface area contributed by atoms with Crippen LogP contribution in [0.15, 0.2) is 44.4 Å². The molecule has 2 rings (SSSR count). The Kier molecular flexibility index (Phi) is 6.28. The second-order valence-corrected chi connectivity index (χ2v) is 8.33. The molecular weight excluding hydrogens is 409 g/mol. The molecule has 1 aromatic heterocycles. The van der Waals surface area contributed by atoms with Crippen molar-refractivity contribution in [2.45, 2.75) is 17.2 Å². The fraction of sp³-hybridized carbons (Fsp3) is 0.214. The molecule has 0 atom stereocenters. The fourth-order valence-corrected chi connectivity index (χ4v) is 4.05. The minimum absolute atomic E-state index is 0.0815. The van der Waals surface area contributed by atoms with E-state index in [9.17, 15) is 17.6 Å². The molecule has 5 nitrogen and oxygen atoms in total. The lowest BCUT2D eigenvalue weighted by Crippen LogP contribution is -2.26. The number of nitrogens with one attached hydrogen (secondary N) is 1. The monoisotopic (exact) mass is 421 g/mol. The van der Waals surface area contributed by atoms with Crippen LogP contribution in [0.25, 0.3) is 0 Å². The van der Waals surface area contributed by atoms with Gasteiger partial charge in [0.1, 0.15) is 16.6 Å². The predicted octanol–water partition coefficient (Wildman–Crippen LogP) is 3.06. The van der Waals surface area contributed by atoms with Gasteiger partial charge in [-0.25, -0.2) is 17.5 Å². The van der Waals surface area contributed by atoms with Crippen LogP contribution < -0.4 is 4.72 Å². The molecule has 0 saturated carbocycles. The lowest BCUT2D eigenvalue weighted by Gasteiger charge is -2.07. The molecule has 0 amide bonds. The maximum absolute atomic E-state index is 13.6. The van der Waals surface area contributed by atoms with Gasteiger partial charge in [0.25, 0.3) is 0 Å². The van der Waals surface area contributed by atoms with E-state index in [1.807, 2.05) is 0 Å². The van der Waals surface area contributed by atoms with Crippen molar-refractivity contribution < 1.29 is 22.3 Å². The number of thiophene rings is 1. The summed E-state index contributed by atoms with van der Waals surface area (Å²) in [5, 5.41) is 1.65. The number of halogens is 2. The van der Waals surface area contributed by atoms with E-state index >= 15 is 0 Å². The first-order chi connectivity index (χ1) is 10.9. The minimum Gasteiger partial charge on any atom is -0.461 e. The van der Waals surface area contributed by atoms with E-state index < -0.39 is 21.8 Å². The maximum atomic E-state index is 13.6. The fourth-order valence-electron chi connectivity index (χ4n) is 1.64. The van der Waals surface area contributed by atoms with Crippen molar-refractivity contribution in [1.82, 2.24) is 4.72 Å². The molecule has 1 heterocycles. The topological polar surface area (TPSA) is 72.5 Å². The molecule has 0 spiro atoms. The quantitative estimate of drug-likeness (QED) is 0.697. The lowest BCUT2D eigenvalue weighted by molar-refractivity contribution is -0.144. The van der Waals surface area contributed by atoms with Gasteiger partial charge < -0.3 is 4.74 Å². The van der Waals surface area contributed by atoms with Crippen LogP contribution in [0.1, 0.15) is 12.0 Å².